The van der Waals surface area contributed by atoms with E-state index in [1.54, 1.807) is 6.92 Å². The highest BCUT2D eigenvalue weighted by atomic mass is 16.4. The average Bonchev–Trinajstić information content (AvgIpc) is 2.38. The minimum atomic E-state index is -0.705. The van der Waals surface area contributed by atoms with Crippen LogP contribution >= 0.6 is 0 Å². The summed E-state index contributed by atoms with van der Waals surface area (Å²) >= 11 is 0. The van der Waals surface area contributed by atoms with E-state index in [0.717, 1.165) is 0 Å². The minimum absolute atomic E-state index is 0.312. The molecule has 1 N–H and O–H groups in total. The molecule has 2 rings (SSSR count). The molecule has 2 unspecified atom stereocenters. The van der Waals surface area contributed by atoms with Crippen LogP contribution in [-0.2, 0) is 11.2 Å². The van der Waals surface area contributed by atoms with Gasteiger partial charge in [0, 0.05) is 0 Å². The molecule has 2 nitrogen and oxygen atoms in total. The molecule has 0 saturated heterocycles. The van der Waals surface area contributed by atoms with Crippen LogP contribution in [-0.4, -0.2) is 11.1 Å². The summed E-state index contributed by atoms with van der Waals surface area (Å²) in [6.07, 6.45) is 5.67. The first kappa shape index (κ1) is 15.1. The highest BCUT2D eigenvalue weighted by Gasteiger charge is 2.30. The Morgan fingerprint density at radius 3 is 2.75 bits per heavy atom. The summed E-state index contributed by atoms with van der Waals surface area (Å²) in [6.45, 7) is 6.49. The number of hydrogen-bond acceptors (Lipinski definition) is 1. The van der Waals surface area contributed by atoms with Crippen molar-refractivity contribution in [1.82, 2.24) is 0 Å². The van der Waals surface area contributed by atoms with Gasteiger partial charge in [0.15, 0.2) is 0 Å². The van der Waals surface area contributed by atoms with E-state index >= 15 is 0 Å². The maximum absolute atomic E-state index is 11.1. The second kappa shape index (κ2) is 5.99. The molecule has 2 heteroatoms. The fourth-order valence-corrected chi connectivity index (χ4v) is 3.50. The maximum Gasteiger partial charge on any atom is 0.306 e. The molecule has 1 fully saturated rings. The second-order valence-corrected chi connectivity index (χ2v) is 7.10. The molecule has 110 valence electrons. The fraction of sp³-hybridized carbons (Fsp3) is 0.611. The Bertz CT molecular complexity index is 476. The molecule has 20 heavy (non-hydrogen) atoms. The van der Waals surface area contributed by atoms with Crippen LogP contribution in [0.1, 0.15) is 63.5 Å². The van der Waals surface area contributed by atoms with E-state index in [0.29, 0.717) is 17.8 Å². The monoisotopic (exact) mass is 274 g/mol. The summed E-state index contributed by atoms with van der Waals surface area (Å²) in [7, 11) is 0. The molecule has 1 saturated carbocycles. The Morgan fingerprint density at radius 2 is 2.10 bits per heavy atom. The van der Waals surface area contributed by atoms with Crippen molar-refractivity contribution in [3.63, 3.8) is 0 Å². The van der Waals surface area contributed by atoms with Gasteiger partial charge in [-0.1, -0.05) is 51.5 Å². The van der Waals surface area contributed by atoms with Crippen LogP contribution in [0.3, 0.4) is 0 Å². The third kappa shape index (κ3) is 3.62. The Kier molecular flexibility index (Phi) is 4.52. The van der Waals surface area contributed by atoms with Gasteiger partial charge in [0.2, 0.25) is 0 Å². The van der Waals surface area contributed by atoms with Crippen molar-refractivity contribution < 1.29 is 9.90 Å². The first-order chi connectivity index (χ1) is 9.39. The third-order valence-electron chi connectivity index (χ3n) is 4.65. The second-order valence-electron chi connectivity index (χ2n) is 7.10. The first-order valence-corrected chi connectivity index (χ1v) is 7.70. The molecule has 0 aromatic heterocycles. The van der Waals surface area contributed by atoms with Crippen LogP contribution in [0.5, 0.6) is 0 Å². The van der Waals surface area contributed by atoms with Crippen molar-refractivity contribution in [3.05, 3.63) is 35.4 Å². The summed E-state index contributed by atoms with van der Waals surface area (Å²) in [5, 5.41) is 9.13. The zero-order chi connectivity index (χ0) is 14.8. The number of aliphatic carboxylic acids is 1. The summed E-state index contributed by atoms with van der Waals surface area (Å²) in [5.41, 5.74) is 3.02. The predicted molar refractivity (Wildman–Crippen MR) is 81.9 cm³/mol. The van der Waals surface area contributed by atoms with Crippen LogP contribution in [0.2, 0.25) is 0 Å². The normalized spacial score (nSPS) is 23.2. The molecular weight excluding hydrogens is 248 g/mol. The molecule has 1 aromatic rings. The van der Waals surface area contributed by atoms with Gasteiger partial charge in [-0.25, -0.2) is 0 Å². The van der Waals surface area contributed by atoms with E-state index in [1.165, 1.54) is 36.8 Å². The largest absolute Gasteiger partial charge is 0.481 e. The Labute approximate surface area is 122 Å². The number of rotatable bonds is 4. The van der Waals surface area contributed by atoms with Gasteiger partial charge in [0.25, 0.3) is 0 Å². The van der Waals surface area contributed by atoms with Crippen molar-refractivity contribution in [2.24, 2.45) is 11.3 Å². The van der Waals surface area contributed by atoms with E-state index in [1.807, 2.05) is 6.07 Å². The predicted octanol–water partition coefficient (Wildman–Crippen LogP) is 4.63. The standard InChI is InChI=1S/C18H26O2/c1-13(17(19)20)11-14-7-4-5-9-16(14)15-8-6-10-18(2,3)12-15/h4-5,7,9,13,15H,6,8,10-12H2,1-3H3,(H,19,20). The van der Waals surface area contributed by atoms with Gasteiger partial charge < -0.3 is 5.11 Å². The van der Waals surface area contributed by atoms with Crippen molar-refractivity contribution in [1.29, 1.82) is 0 Å². The Hall–Kier alpha value is -1.31. The van der Waals surface area contributed by atoms with E-state index in [-0.39, 0.29) is 5.92 Å². The molecule has 1 aromatic carbocycles. The van der Waals surface area contributed by atoms with E-state index in [2.05, 4.69) is 32.0 Å². The average molecular weight is 274 g/mol. The maximum atomic E-state index is 11.1. The van der Waals surface area contributed by atoms with Crippen LogP contribution in [0, 0.1) is 11.3 Å². The van der Waals surface area contributed by atoms with Crippen molar-refractivity contribution in [2.45, 2.75) is 58.8 Å². The molecule has 0 heterocycles. The molecular formula is C18H26O2. The molecule has 1 aliphatic carbocycles. The zero-order valence-electron chi connectivity index (χ0n) is 12.9. The van der Waals surface area contributed by atoms with Crippen LogP contribution in [0.4, 0.5) is 0 Å². The lowest BCUT2D eigenvalue weighted by molar-refractivity contribution is -0.141. The molecule has 0 amide bonds. The fourth-order valence-electron chi connectivity index (χ4n) is 3.50. The highest BCUT2D eigenvalue weighted by Crippen LogP contribution is 2.44. The van der Waals surface area contributed by atoms with E-state index in [4.69, 9.17) is 5.11 Å². The Balaban J connectivity index is 2.21. The van der Waals surface area contributed by atoms with Crippen LogP contribution in [0.25, 0.3) is 0 Å². The lowest BCUT2D eigenvalue weighted by Crippen LogP contribution is -2.22. The SMILES string of the molecule is CC(Cc1ccccc1C1CCCC(C)(C)C1)C(=O)O. The number of carboxylic acids is 1. The van der Waals surface area contributed by atoms with Gasteiger partial charge >= 0.3 is 5.97 Å². The van der Waals surface area contributed by atoms with Gasteiger partial charge in [0.1, 0.15) is 0 Å². The van der Waals surface area contributed by atoms with Crippen LogP contribution < -0.4 is 0 Å². The highest BCUT2D eigenvalue weighted by molar-refractivity contribution is 5.70. The van der Waals surface area contributed by atoms with Gasteiger partial charge in [-0.05, 0) is 48.1 Å². The summed E-state index contributed by atoms with van der Waals surface area (Å²) in [6, 6.07) is 8.43. The van der Waals surface area contributed by atoms with E-state index in [9.17, 15) is 4.79 Å². The molecule has 2 atom stereocenters. The number of carboxylic acid groups (broad SMARTS) is 1. The Morgan fingerprint density at radius 1 is 1.40 bits per heavy atom. The van der Waals surface area contributed by atoms with Crippen molar-refractivity contribution in [3.8, 4) is 0 Å². The van der Waals surface area contributed by atoms with Gasteiger partial charge in [-0.3, -0.25) is 4.79 Å². The first-order valence-electron chi connectivity index (χ1n) is 7.70. The van der Waals surface area contributed by atoms with Gasteiger partial charge in [-0.15, -0.1) is 0 Å². The van der Waals surface area contributed by atoms with Gasteiger partial charge in [-0.2, -0.15) is 0 Å². The molecule has 0 spiro atoms. The number of carbonyl (C=O) groups is 1. The van der Waals surface area contributed by atoms with Crippen molar-refractivity contribution in [2.75, 3.05) is 0 Å². The van der Waals surface area contributed by atoms with E-state index < -0.39 is 5.97 Å². The topological polar surface area (TPSA) is 37.3 Å². The summed E-state index contributed by atoms with van der Waals surface area (Å²) < 4.78 is 0. The number of hydrogen-bond donors (Lipinski definition) is 1. The van der Waals surface area contributed by atoms with Crippen molar-refractivity contribution >= 4 is 5.97 Å². The summed E-state index contributed by atoms with van der Waals surface area (Å²) in [5.74, 6) is -0.424. The minimum Gasteiger partial charge on any atom is -0.481 e. The number of benzene rings is 1. The zero-order valence-corrected chi connectivity index (χ0v) is 12.9. The molecule has 0 aliphatic heterocycles. The summed E-state index contributed by atoms with van der Waals surface area (Å²) in [4.78, 5) is 11.1. The molecule has 0 bridgehead atoms. The quantitative estimate of drug-likeness (QED) is 0.869. The lowest BCUT2D eigenvalue weighted by Gasteiger charge is -2.36. The lowest BCUT2D eigenvalue weighted by atomic mass is 9.69. The molecule has 0 radical (unpaired) electrons. The smallest absolute Gasteiger partial charge is 0.306 e. The molecule has 1 aliphatic rings. The third-order valence-corrected chi connectivity index (χ3v) is 4.65. The van der Waals surface area contributed by atoms with Crippen LogP contribution in [0.15, 0.2) is 24.3 Å². The van der Waals surface area contributed by atoms with Gasteiger partial charge in [0.05, 0.1) is 5.92 Å².